The zero-order valence-electron chi connectivity index (χ0n) is 18.8. The summed E-state index contributed by atoms with van der Waals surface area (Å²) >= 11 is 5.60. The van der Waals surface area contributed by atoms with Crippen LogP contribution in [-0.4, -0.2) is 32.6 Å². The van der Waals surface area contributed by atoms with E-state index in [-0.39, 0.29) is 28.6 Å². The van der Waals surface area contributed by atoms with Gasteiger partial charge in [-0.3, -0.25) is 9.52 Å². The highest BCUT2D eigenvalue weighted by Crippen LogP contribution is 2.37. The Balaban J connectivity index is 1.88. The maximum absolute atomic E-state index is 13.2. The number of carbonyl (C=O) groups excluding carboxylic acids is 1. The quantitative estimate of drug-likeness (QED) is 0.341. The Labute approximate surface area is 210 Å². The molecule has 1 amide bonds. The van der Waals surface area contributed by atoms with Gasteiger partial charge in [0.15, 0.2) is 0 Å². The van der Waals surface area contributed by atoms with Crippen LogP contribution in [0.25, 0.3) is 0 Å². The predicted octanol–water partition coefficient (Wildman–Crippen LogP) is 5.27. The molecule has 0 aromatic heterocycles. The summed E-state index contributed by atoms with van der Waals surface area (Å²) in [6.45, 7) is 1.23. The number of carbonyl (C=O) groups is 1. The molecule has 0 spiro atoms. The summed E-state index contributed by atoms with van der Waals surface area (Å²) < 4.78 is 73.0. The van der Waals surface area contributed by atoms with E-state index in [4.69, 9.17) is 16.3 Å². The van der Waals surface area contributed by atoms with Gasteiger partial charge in [-0.2, -0.15) is 13.2 Å². The number of nitrogens with one attached hydrogen (secondary N) is 2. The predicted molar refractivity (Wildman–Crippen MR) is 130 cm³/mol. The minimum Gasteiger partial charge on any atom is -0.492 e. The van der Waals surface area contributed by atoms with Crippen molar-refractivity contribution in [3.8, 4) is 5.75 Å². The number of alkyl halides is 3. The molecule has 0 saturated carbocycles. The van der Waals surface area contributed by atoms with Crippen LogP contribution in [0.1, 0.15) is 24.0 Å². The molecule has 0 aliphatic heterocycles. The summed E-state index contributed by atoms with van der Waals surface area (Å²) in [6, 6.07) is 15.0. The maximum atomic E-state index is 13.2. The van der Waals surface area contributed by atoms with Crippen molar-refractivity contribution in [2.75, 3.05) is 23.3 Å². The first-order chi connectivity index (χ1) is 17.0. The molecule has 0 bridgehead atoms. The van der Waals surface area contributed by atoms with Crippen molar-refractivity contribution in [3.05, 3.63) is 82.9 Å². The molecule has 192 valence electrons. The van der Waals surface area contributed by atoms with E-state index in [9.17, 15) is 31.5 Å². The number of halogens is 4. The second-order valence-electron chi connectivity index (χ2n) is 7.53. The van der Waals surface area contributed by atoms with Crippen molar-refractivity contribution in [2.24, 2.45) is 0 Å². The number of aliphatic hydroxyl groups excluding tert-OH is 1. The highest BCUT2D eigenvalue weighted by atomic mass is 35.5. The van der Waals surface area contributed by atoms with Crippen molar-refractivity contribution in [1.82, 2.24) is 0 Å². The van der Waals surface area contributed by atoms with E-state index in [2.05, 4.69) is 10.0 Å². The fraction of sp³-hybridized carbons (Fsp3) is 0.208. The number of benzene rings is 3. The highest BCUT2D eigenvalue weighted by molar-refractivity contribution is 7.92. The van der Waals surface area contributed by atoms with E-state index in [1.165, 1.54) is 12.1 Å². The van der Waals surface area contributed by atoms with Crippen LogP contribution >= 0.6 is 11.6 Å². The summed E-state index contributed by atoms with van der Waals surface area (Å²) in [5.41, 5.74) is -0.751. The van der Waals surface area contributed by atoms with Gasteiger partial charge in [0.25, 0.3) is 10.0 Å². The molecule has 3 aromatic rings. The van der Waals surface area contributed by atoms with Gasteiger partial charge in [0.1, 0.15) is 10.6 Å². The number of rotatable bonds is 9. The molecule has 0 fully saturated rings. The smallest absolute Gasteiger partial charge is 0.417 e. The molecular formula is C24H22ClF3N2O5S. The number of hydrogen-bond donors (Lipinski definition) is 3. The Morgan fingerprint density at radius 3 is 2.33 bits per heavy atom. The Morgan fingerprint density at radius 1 is 1.06 bits per heavy atom. The zero-order chi connectivity index (χ0) is 26.5. The number of anilines is 2. The molecule has 0 aliphatic rings. The summed E-state index contributed by atoms with van der Waals surface area (Å²) in [7, 11) is -4.39. The van der Waals surface area contributed by atoms with Crippen LogP contribution in [0.3, 0.4) is 0 Å². The lowest BCUT2D eigenvalue weighted by Crippen LogP contribution is -2.24. The number of ether oxygens (including phenoxy) is 1. The van der Waals surface area contributed by atoms with Crippen molar-refractivity contribution in [3.63, 3.8) is 0 Å². The lowest BCUT2D eigenvalue weighted by molar-refractivity contribution is -0.137. The summed E-state index contributed by atoms with van der Waals surface area (Å²) in [6.07, 6.45) is -4.78. The van der Waals surface area contributed by atoms with Crippen LogP contribution in [0.5, 0.6) is 5.75 Å². The SMILES string of the molecule is CCOc1cc(NC(=O)[C@@H](CO)c2ccccc2)ccc1S(=O)(=O)Nc1ccc(Cl)c(C(F)(F)F)c1. The number of hydrogen-bond acceptors (Lipinski definition) is 5. The minimum absolute atomic E-state index is 0.0718. The average molecular weight is 543 g/mol. The second-order valence-corrected chi connectivity index (χ2v) is 9.59. The molecule has 3 aromatic carbocycles. The van der Waals surface area contributed by atoms with E-state index in [0.717, 1.165) is 18.2 Å². The van der Waals surface area contributed by atoms with Gasteiger partial charge in [0, 0.05) is 17.4 Å². The van der Waals surface area contributed by atoms with Gasteiger partial charge in [-0.05, 0) is 42.8 Å². The van der Waals surface area contributed by atoms with Crippen molar-refractivity contribution < 1.29 is 36.2 Å². The third-order valence-corrected chi connectivity index (χ3v) is 6.78. The van der Waals surface area contributed by atoms with Crippen LogP contribution in [0.4, 0.5) is 24.5 Å². The summed E-state index contributed by atoms with van der Waals surface area (Å²) in [5.74, 6) is -1.52. The Kier molecular flexibility index (Phi) is 8.49. The lowest BCUT2D eigenvalue weighted by Gasteiger charge is -2.17. The fourth-order valence-corrected chi connectivity index (χ4v) is 4.75. The van der Waals surface area contributed by atoms with Crippen molar-refractivity contribution in [2.45, 2.75) is 23.9 Å². The Bertz CT molecular complexity index is 1340. The topological polar surface area (TPSA) is 105 Å². The molecule has 0 aliphatic carbocycles. The standard InChI is InChI=1S/C24H22ClF3N2O5S/c1-2-35-21-13-16(29-23(32)18(14-31)15-6-4-3-5-7-15)9-11-22(21)36(33,34)30-17-8-10-20(25)19(12-17)24(26,27)28/h3-13,18,30-31H,2,14H2,1H3,(H,29,32)/t18-/m0/s1. The van der Waals surface area contributed by atoms with Gasteiger partial charge in [0.2, 0.25) is 5.91 Å². The van der Waals surface area contributed by atoms with Crippen LogP contribution in [-0.2, 0) is 21.0 Å². The average Bonchev–Trinajstić information content (AvgIpc) is 2.81. The van der Waals surface area contributed by atoms with Crippen molar-refractivity contribution >= 4 is 38.9 Å². The van der Waals surface area contributed by atoms with Crippen molar-refractivity contribution in [1.29, 1.82) is 0 Å². The van der Waals surface area contributed by atoms with Gasteiger partial charge in [0.05, 0.1) is 29.7 Å². The van der Waals surface area contributed by atoms with Gasteiger partial charge < -0.3 is 15.2 Å². The van der Waals surface area contributed by atoms with Crippen LogP contribution in [0, 0.1) is 0 Å². The highest BCUT2D eigenvalue weighted by Gasteiger charge is 2.34. The van der Waals surface area contributed by atoms with Gasteiger partial charge in [-0.15, -0.1) is 0 Å². The second kappa shape index (κ2) is 11.2. The molecule has 36 heavy (non-hydrogen) atoms. The lowest BCUT2D eigenvalue weighted by atomic mass is 9.99. The Hall–Kier alpha value is -3.28. The third-order valence-electron chi connectivity index (χ3n) is 5.03. The van der Waals surface area contributed by atoms with Gasteiger partial charge >= 0.3 is 6.18 Å². The van der Waals surface area contributed by atoms with Crippen LogP contribution < -0.4 is 14.8 Å². The van der Waals surface area contributed by atoms with Gasteiger partial charge in [-0.1, -0.05) is 41.9 Å². The van der Waals surface area contributed by atoms with Gasteiger partial charge in [-0.25, -0.2) is 8.42 Å². The number of amides is 1. The number of sulfonamides is 1. The summed E-state index contributed by atoms with van der Waals surface area (Å²) in [5, 5.41) is 11.7. The van der Waals surface area contributed by atoms with E-state index in [1.807, 2.05) is 0 Å². The molecular weight excluding hydrogens is 521 g/mol. The van der Waals surface area contributed by atoms with E-state index < -0.39 is 45.2 Å². The first kappa shape index (κ1) is 27.3. The Morgan fingerprint density at radius 2 is 1.72 bits per heavy atom. The largest absolute Gasteiger partial charge is 0.492 e. The first-order valence-electron chi connectivity index (χ1n) is 10.6. The molecule has 7 nitrogen and oxygen atoms in total. The normalized spacial score (nSPS) is 12.6. The molecule has 0 radical (unpaired) electrons. The monoisotopic (exact) mass is 542 g/mol. The van der Waals surface area contributed by atoms with Crippen LogP contribution in [0.15, 0.2) is 71.6 Å². The fourth-order valence-electron chi connectivity index (χ4n) is 3.35. The van der Waals surface area contributed by atoms with E-state index in [1.54, 1.807) is 37.3 Å². The molecule has 0 saturated heterocycles. The zero-order valence-corrected chi connectivity index (χ0v) is 20.4. The first-order valence-corrected chi connectivity index (χ1v) is 12.5. The molecule has 0 heterocycles. The molecule has 0 unspecified atom stereocenters. The molecule has 3 rings (SSSR count). The third kappa shape index (κ3) is 6.48. The molecule has 12 heteroatoms. The molecule has 1 atom stereocenters. The van der Waals surface area contributed by atoms with E-state index in [0.29, 0.717) is 11.6 Å². The van der Waals surface area contributed by atoms with E-state index >= 15 is 0 Å². The molecule has 3 N–H and O–H groups in total. The number of aliphatic hydroxyl groups is 1. The van der Waals surface area contributed by atoms with Crippen LogP contribution in [0.2, 0.25) is 5.02 Å². The minimum atomic E-state index is -4.78. The maximum Gasteiger partial charge on any atom is 0.417 e. The summed E-state index contributed by atoms with van der Waals surface area (Å²) in [4.78, 5) is 12.4.